The molecule has 2 saturated heterocycles. The second-order valence-corrected chi connectivity index (χ2v) is 10.1. The van der Waals surface area contributed by atoms with Crippen LogP contribution in [0.5, 0.6) is 0 Å². The van der Waals surface area contributed by atoms with Crippen LogP contribution in [0.1, 0.15) is 53.4 Å². The lowest BCUT2D eigenvalue weighted by molar-refractivity contribution is -0.117. The van der Waals surface area contributed by atoms with Crippen LogP contribution in [0.4, 0.5) is 5.00 Å². The maximum atomic E-state index is 12.8. The highest BCUT2D eigenvalue weighted by Crippen LogP contribution is 2.40. The van der Waals surface area contributed by atoms with Crippen LogP contribution < -0.4 is 5.32 Å². The number of carbonyl (C=O) groups is 2. The minimum absolute atomic E-state index is 0.0244. The molecule has 2 atom stereocenters. The zero-order valence-corrected chi connectivity index (χ0v) is 18.5. The van der Waals surface area contributed by atoms with Gasteiger partial charge >= 0.3 is 5.97 Å². The molecular weight excluding hydrogens is 386 g/mol. The predicted octanol–water partition coefficient (Wildman–Crippen LogP) is 3.02. The summed E-state index contributed by atoms with van der Waals surface area (Å²) in [6.45, 7) is 8.24. The summed E-state index contributed by atoms with van der Waals surface area (Å²) in [5.41, 5.74) is 1.67. The number of ether oxygens (including phenoxy) is 1. The van der Waals surface area contributed by atoms with Gasteiger partial charge in [-0.2, -0.15) is 0 Å². The molecule has 0 saturated carbocycles. The van der Waals surface area contributed by atoms with E-state index in [-0.39, 0.29) is 11.9 Å². The third-order valence-corrected chi connectivity index (χ3v) is 7.78. The lowest BCUT2D eigenvalue weighted by Crippen LogP contribution is -2.33. The Morgan fingerprint density at radius 3 is 2.72 bits per heavy atom. The fourth-order valence-corrected chi connectivity index (χ4v) is 6.48. The Morgan fingerprint density at radius 2 is 1.97 bits per heavy atom. The van der Waals surface area contributed by atoms with Crippen LogP contribution in [0.3, 0.4) is 0 Å². The summed E-state index contributed by atoms with van der Waals surface area (Å²) in [5.74, 6) is 0.928. The summed E-state index contributed by atoms with van der Waals surface area (Å²) in [5, 5.41) is 3.71. The highest BCUT2D eigenvalue weighted by Gasteiger charge is 2.30. The van der Waals surface area contributed by atoms with Gasteiger partial charge < -0.3 is 15.0 Å². The number of carbonyl (C=O) groups excluding carboxylic acids is 2. The van der Waals surface area contributed by atoms with E-state index in [1.807, 2.05) is 0 Å². The number of rotatable bonds is 6. The first-order chi connectivity index (χ1) is 14.0. The Labute approximate surface area is 177 Å². The van der Waals surface area contributed by atoms with E-state index in [2.05, 4.69) is 22.0 Å². The molecule has 160 valence electrons. The Balaban J connectivity index is 1.36. The van der Waals surface area contributed by atoms with Crippen LogP contribution >= 0.6 is 11.3 Å². The molecule has 2 aliphatic heterocycles. The summed E-state index contributed by atoms with van der Waals surface area (Å²) >= 11 is 1.56. The predicted molar refractivity (Wildman–Crippen MR) is 116 cm³/mol. The van der Waals surface area contributed by atoms with Crippen molar-refractivity contribution in [1.29, 1.82) is 0 Å². The number of methoxy groups -OCH3 is 1. The number of anilines is 1. The molecule has 1 aliphatic carbocycles. The van der Waals surface area contributed by atoms with Crippen LogP contribution in [0.15, 0.2) is 0 Å². The SMILES string of the molecule is COC(=O)c1c(NC(=O)CN2CC[C@@H](CN3CCCC3)C2)sc2c1CC[C@@H](C)C2. The molecule has 29 heavy (non-hydrogen) atoms. The van der Waals surface area contributed by atoms with Crippen molar-refractivity contribution < 1.29 is 14.3 Å². The molecule has 0 unspecified atom stereocenters. The van der Waals surface area contributed by atoms with Crippen molar-refractivity contribution >= 4 is 28.2 Å². The van der Waals surface area contributed by atoms with Gasteiger partial charge in [0.05, 0.1) is 19.2 Å². The van der Waals surface area contributed by atoms with Crippen LogP contribution in [0.2, 0.25) is 0 Å². The largest absolute Gasteiger partial charge is 0.465 e. The Kier molecular flexibility index (Phi) is 6.56. The van der Waals surface area contributed by atoms with Crippen molar-refractivity contribution in [3.63, 3.8) is 0 Å². The lowest BCUT2D eigenvalue weighted by Gasteiger charge is -2.20. The summed E-state index contributed by atoms with van der Waals surface area (Å²) in [6.07, 6.45) is 6.76. The minimum Gasteiger partial charge on any atom is -0.465 e. The van der Waals surface area contributed by atoms with Crippen molar-refractivity contribution in [2.24, 2.45) is 11.8 Å². The number of esters is 1. The van der Waals surface area contributed by atoms with E-state index in [1.54, 1.807) is 11.3 Å². The number of nitrogens with zero attached hydrogens (tertiary/aromatic N) is 2. The van der Waals surface area contributed by atoms with Crippen LogP contribution in [0, 0.1) is 11.8 Å². The van der Waals surface area contributed by atoms with E-state index >= 15 is 0 Å². The average Bonchev–Trinajstić information content (AvgIpc) is 3.42. The number of likely N-dealkylation sites (tertiary alicyclic amines) is 2. The number of hydrogen-bond donors (Lipinski definition) is 1. The van der Waals surface area contributed by atoms with Gasteiger partial charge in [0.15, 0.2) is 0 Å². The van der Waals surface area contributed by atoms with Gasteiger partial charge in [0.2, 0.25) is 5.91 Å². The quantitative estimate of drug-likeness (QED) is 0.718. The fourth-order valence-electron chi connectivity index (χ4n) is 5.06. The van der Waals surface area contributed by atoms with Crippen LogP contribution in [-0.4, -0.2) is 68.1 Å². The smallest absolute Gasteiger partial charge is 0.341 e. The molecule has 0 bridgehead atoms. The zero-order chi connectivity index (χ0) is 20.4. The lowest BCUT2D eigenvalue weighted by atomic mass is 9.88. The molecule has 1 N–H and O–H groups in total. The third-order valence-electron chi connectivity index (χ3n) is 6.61. The number of nitrogens with one attached hydrogen (secondary N) is 1. The second kappa shape index (κ2) is 9.14. The van der Waals surface area contributed by atoms with Gasteiger partial charge in [-0.05, 0) is 75.6 Å². The van der Waals surface area contributed by atoms with E-state index in [0.29, 0.717) is 28.9 Å². The standard InChI is InChI=1S/C22H33N3O3S/c1-15-5-6-17-18(11-15)29-21(20(17)22(27)28-2)23-19(26)14-25-10-7-16(13-25)12-24-8-3-4-9-24/h15-16H,3-14H2,1-2H3,(H,23,26)/t15-,16+/m1/s1. The summed E-state index contributed by atoms with van der Waals surface area (Å²) < 4.78 is 5.02. The number of amides is 1. The van der Waals surface area contributed by atoms with Crippen LogP contribution in [-0.2, 0) is 22.4 Å². The Bertz CT molecular complexity index is 757. The van der Waals surface area contributed by atoms with E-state index < -0.39 is 0 Å². The molecule has 0 radical (unpaired) electrons. The van der Waals surface area contributed by atoms with E-state index in [1.165, 1.54) is 50.9 Å². The normalized spacial score (nSPS) is 25.2. The molecule has 3 aliphatic rings. The van der Waals surface area contributed by atoms with E-state index in [4.69, 9.17) is 4.74 Å². The molecule has 6 nitrogen and oxygen atoms in total. The molecule has 2 fully saturated rings. The maximum Gasteiger partial charge on any atom is 0.341 e. The molecule has 3 heterocycles. The van der Waals surface area contributed by atoms with Crippen LogP contribution in [0.25, 0.3) is 0 Å². The first-order valence-electron chi connectivity index (χ1n) is 11.0. The Hall–Kier alpha value is -1.44. The fraction of sp³-hybridized carbons (Fsp3) is 0.727. The van der Waals surface area contributed by atoms with Gasteiger partial charge in [-0.15, -0.1) is 11.3 Å². The van der Waals surface area contributed by atoms with Gasteiger partial charge in [0.25, 0.3) is 0 Å². The molecule has 1 aromatic heterocycles. The van der Waals surface area contributed by atoms with Crippen molar-refractivity contribution in [2.45, 2.75) is 45.4 Å². The zero-order valence-electron chi connectivity index (χ0n) is 17.7. The molecular formula is C22H33N3O3S. The first kappa shape index (κ1) is 20.8. The van der Waals surface area contributed by atoms with Gasteiger partial charge in [0, 0.05) is 18.0 Å². The third kappa shape index (κ3) is 4.84. The van der Waals surface area contributed by atoms with Gasteiger partial charge in [-0.1, -0.05) is 6.92 Å². The summed E-state index contributed by atoms with van der Waals surface area (Å²) in [7, 11) is 1.41. The number of hydrogen-bond acceptors (Lipinski definition) is 6. The average molecular weight is 420 g/mol. The van der Waals surface area contributed by atoms with E-state index in [9.17, 15) is 9.59 Å². The summed E-state index contributed by atoms with van der Waals surface area (Å²) in [4.78, 5) is 31.2. The van der Waals surface area contributed by atoms with Gasteiger partial charge in [0.1, 0.15) is 5.00 Å². The monoisotopic (exact) mass is 419 g/mol. The number of thiophene rings is 1. The molecule has 0 aromatic carbocycles. The molecule has 4 rings (SSSR count). The van der Waals surface area contributed by atoms with Crippen molar-refractivity contribution in [3.05, 3.63) is 16.0 Å². The summed E-state index contributed by atoms with van der Waals surface area (Å²) in [6, 6.07) is 0. The highest BCUT2D eigenvalue weighted by atomic mass is 32.1. The van der Waals surface area contributed by atoms with Crippen molar-refractivity contribution in [1.82, 2.24) is 9.80 Å². The molecule has 1 amide bonds. The topological polar surface area (TPSA) is 61.9 Å². The molecule has 0 spiro atoms. The van der Waals surface area contributed by atoms with E-state index in [0.717, 1.165) is 37.9 Å². The van der Waals surface area contributed by atoms with Gasteiger partial charge in [-0.3, -0.25) is 9.69 Å². The first-order valence-corrected chi connectivity index (χ1v) is 11.8. The van der Waals surface area contributed by atoms with Crippen molar-refractivity contribution in [3.8, 4) is 0 Å². The minimum atomic E-state index is -0.334. The Morgan fingerprint density at radius 1 is 1.17 bits per heavy atom. The second-order valence-electron chi connectivity index (χ2n) is 8.99. The molecule has 7 heteroatoms. The highest BCUT2D eigenvalue weighted by molar-refractivity contribution is 7.17. The number of fused-ring (bicyclic) bond motifs is 1. The van der Waals surface area contributed by atoms with Crippen molar-refractivity contribution in [2.75, 3.05) is 51.7 Å². The molecule has 1 aromatic rings. The maximum absolute atomic E-state index is 12.8. The van der Waals surface area contributed by atoms with Gasteiger partial charge in [-0.25, -0.2) is 4.79 Å².